The SMILES string of the molecule is CN1CCN2CCN(C(=O)c3cc(F)ccc3O)C[C@H]2C1. The highest BCUT2D eigenvalue weighted by atomic mass is 19.1. The summed E-state index contributed by atoms with van der Waals surface area (Å²) in [5.41, 5.74) is 0.0487. The minimum absolute atomic E-state index is 0.0487. The fraction of sp³-hybridized carbons (Fsp3) is 0.533. The summed E-state index contributed by atoms with van der Waals surface area (Å²) < 4.78 is 13.3. The number of phenolic OH excluding ortho intramolecular Hbond substituents is 1. The van der Waals surface area contributed by atoms with Crippen LogP contribution in [-0.2, 0) is 0 Å². The first-order valence-electron chi connectivity index (χ1n) is 7.25. The first kappa shape index (κ1) is 14.3. The zero-order chi connectivity index (χ0) is 15.0. The van der Waals surface area contributed by atoms with Crippen LogP contribution in [0.15, 0.2) is 18.2 Å². The minimum atomic E-state index is -0.507. The second-order valence-corrected chi connectivity index (χ2v) is 5.86. The topological polar surface area (TPSA) is 47.0 Å². The number of benzene rings is 1. The summed E-state index contributed by atoms with van der Waals surface area (Å²) in [6.07, 6.45) is 0. The van der Waals surface area contributed by atoms with Crippen LogP contribution in [0.4, 0.5) is 4.39 Å². The molecule has 2 aliphatic heterocycles. The maximum Gasteiger partial charge on any atom is 0.257 e. The highest BCUT2D eigenvalue weighted by Gasteiger charge is 2.33. The molecule has 114 valence electrons. The molecule has 6 heteroatoms. The van der Waals surface area contributed by atoms with Crippen molar-refractivity contribution >= 4 is 5.91 Å². The zero-order valence-electron chi connectivity index (χ0n) is 12.1. The first-order valence-corrected chi connectivity index (χ1v) is 7.25. The lowest BCUT2D eigenvalue weighted by molar-refractivity contribution is 0.0188. The molecule has 21 heavy (non-hydrogen) atoms. The van der Waals surface area contributed by atoms with Gasteiger partial charge in [0.25, 0.3) is 5.91 Å². The Morgan fingerprint density at radius 2 is 2.00 bits per heavy atom. The van der Waals surface area contributed by atoms with E-state index < -0.39 is 5.82 Å². The molecule has 0 spiro atoms. The number of halogens is 1. The maximum absolute atomic E-state index is 13.3. The van der Waals surface area contributed by atoms with Crippen molar-refractivity contribution in [3.63, 3.8) is 0 Å². The van der Waals surface area contributed by atoms with Crippen molar-refractivity contribution in [1.82, 2.24) is 14.7 Å². The summed E-state index contributed by atoms with van der Waals surface area (Å²) in [6, 6.07) is 3.81. The van der Waals surface area contributed by atoms with Crippen molar-refractivity contribution < 1.29 is 14.3 Å². The molecule has 5 nitrogen and oxygen atoms in total. The van der Waals surface area contributed by atoms with Crippen molar-refractivity contribution in [3.8, 4) is 5.75 Å². The van der Waals surface area contributed by atoms with Crippen LogP contribution in [0.2, 0.25) is 0 Å². The van der Waals surface area contributed by atoms with Gasteiger partial charge in [-0.25, -0.2) is 4.39 Å². The van der Waals surface area contributed by atoms with Gasteiger partial charge in [-0.2, -0.15) is 0 Å². The van der Waals surface area contributed by atoms with Gasteiger partial charge < -0.3 is 14.9 Å². The summed E-state index contributed by atoms with van der Waals surface area (Å²) in [4.78, 5) is 18.9. The Morgan fingerprint density at radius 3 is 2.81 bits per heavy atom. The molecule has 1 amide bonds. The Balaban J connectivity index is 1.75. The van der Waals surface area contributed by atoms with E-state index in [9.17, 15) is 14.3 Å². The van der Waals surface area contributed by atoms with Gasteiger partial charge in [0.2, 0.25) is 0 Å². The molecule has 0 saturated carbocycles. The molecular weight excluding hydrogens is 273 g/mol. The summed E-state index contributed by atoms with van der Waals surface area (Å²) in [6.45, 7) is 5.08. The molecule has 2 saturated heterocycles. The summed E-state index contributed by atoms with van der Waals surface area (Å²) in [5, 5.41) is 9.78. The van der Waals surface area contributed by atoms with Gasteiger partial charge in [-0.15, -0.1) is 0 Å². The highest BCUT2D eigenvalue weighted by Crippen LogP contribution is 2.22. The third-order valence-electron chi connectivity index (χ3n) is 4.37. The molecule has 0 unspecified atom stereocenters. The van der Waals surface area contributed by atoms with Crippen molar-refractivity contribution in [2.24, 2.45) is 0 Å². The number of piperazine rings is 2. The van der Waals surface area contributed by atoms with Crippen LogP contribution in [0.5, 0.6) is 5.75 Å². The lowest BCUT2D eigenvalue weighted by Crippen LogP contribution is -2.62. The normalized spacial score (nSPS) is 23.9. The molecule has 2 aliphatic rings. The lowest BCUT2D eigenvalue weighted by Gasteiger charge is -2.46. The number of nitrogens with zero attached hydrogens (tertiary/aromatic N) is 3. The van der Waals surface area contributed by atoms with Crippen LogP contribution in [0.1, 0.15) is 10.4 Å². The number of phenols is 1. The van der Waals surface area contributed by atoms with Gasteiger partial charge in [-0.1, -0.05) is 0 Å². The Bertz CT molecular complexity index is 552. The standard InChI is InChI=1S/C15H20FN3O2/c1-17-4-5-18-6-7-19(10-12(18)9-17)15(21)13-8-11(16)2-3-14(13)20/h2-3,8,12,20H,4-7,9-10H2,1H3/t12-/m1/s1. The van der Waals surface area contributed by atoms with Gasteiger partial charge in [-0.3, -0.25) is 9.69 Å². The third-order valence-corrected chi connectivity index (χ3v) is 4.37. The van der Waals surface area contributed by atoms with Crippen LogP contribution in [0.3, 0.4) is 0 Å². The molecule has 2 fully saturated rings. The summed E-state index contributed by atoms with van der Waals surface area (Å²) in [7, 11) is 2.08. The van der Waals surface area contributed by atoms with Crippen molar-refractivity contribution in [1.29, 1.82) is 0 Å². The second-order valence-electron chi connectivity index (χ2n) is 5.86. The summed E-state index contributed by atoms with van der Waals surface area (Å²) in [5.74, 6) is -0.961. The maximum atomic E-state index is 13.3. The van der Waals surface area contributed by atoms with E-state index in [-0.39, 0.29) is 17.2 Å². The van der Waals surface area contributed by atoms with Crippen LogP contribution >= 0.6 is 0 Å². The molecule has 1 N–H and O–H groups in total. The number of hydrogen-bond acceptors (Lipinski definition) is 4. The largest absolute Gasteiger partial charge is 0.507 e. The number of carbonyl (C=O) groups excluding carboxylic acids is 1. The van der Waals surface area contributed by atoms with Crippen LogP contribution in [-0.4, -0.2) is 78.1 Å². The van der Waals surface area contributed by atoms with Crippen molar-refractivity contribution in [3.05, 3.63) is 29.6 Å². The summed E-state index contributed by atoms with van der Waals surface area (Å²) >= 11 is 0. The number of amides is 1. The Morgan fingerprint density at radius 1 is 1.24 bits per heavy atom. The van der Waals surface area contributed by atoms with Gasteiger partial charge in [0.05, 0.1) is 5.56 Å². The van der Waals surface area contributed by atoms with E-state index in [4.69, 9.17) is 0 Å². The number of likely N-dealkylation sites (N-methyl/N-ethyl adjacent to an activating group) is 1. The predicted molar refractivity (Wildman–Crippen MR) is 76.8 cm³/mol. The number of fused-ring (bicyclic) bond motifs is 1. The second kappa shape index (κ2) is 5.61. The molecule has 0 aromatic heterocycles. The first-order chi connectivity index (χ1) is 10.0. The quantitative estimate of drug-likeness (QED) is 0.824. The van der Waals surface area contributed by atoms with Crippen molar-refractivity contribution in [2.75, 3.05) is 46.3 Å². The molecule has 1 aromatic carbocycles. The Labute approximate surface area is 123 Å². The Kier molecular flexibility index (Phi) is 3.82. The lowest BCUT2D eigenvalue weighted by atomic mass is 10.1. The minimum Gasteiger partial charge on any atom is -0.507 e. The number of rotatable bonds is 1. The fourth-order valence-electron chi connectivity index (χ4n) is 3.15. The van der Waals surface area contributed by atoms with Gasteiger partial charge in [0.1, 0.15) is 11.6 Å². The Hall–Kier alpha value is -1.66. The molecule has 3 rings (SSSR count). The van der Waals surface area contributed by atoms with E-state index in [2.05, 4.69) is 16.8 Å². The average molecular weight is 293 g/mol. The highest BCUT2D eigenvalue weighted by molar-refractivity contribution is 5.96. The number of hydrogen-bond donors (Lipinski definition) is 1. The molecule has 0 bridgehead atoms. The average Bonchev–Trinajstić information content (AvgIpc) is 2.48. The molecule has 0 radical (unpaired) electrons. The molecule has 0 aliphatic carbocycles. The van der Waals surface area contributed by atoms with E-state index in [1.54, 1.807) is 4.90 Å². The van der Waals surface area contributed by atoms with Gasteiger partial charge in [0.15, 0.2) is 0 Å². The molecule has 2 heterocycles. The van der Waals surface area contributed by atoms with E-state index in [0.717, 1.165) is 38.3 Å². The van der Waals surface area contributed by atoms with Crippen LogP contribution < -0.4 is 0 Å². The third kappa shape index (κ3) is 2.87. The monoisotopic (exact) mass is 293 g/mol. The molecule has 1 atom stereocenters. The van der Waals surface area contributed by atoms with Gasteiger partial charge in [-0.05, 0) is 25.2 Å². The number of carbonyl (C=O) groups is 1. The van der Waals surface area contributed by atoms with E-state index in [0.29, 0.717) is 19.1 Å². The molecular formula is C15H20FN3O2. The van der Waals surface area contributed by atoms with E-state index >= 15 is 0 Å². The molecule has 1 aromatic rings. The van der Waals surface area contributed by atoms with Gasteiger partial charge in [0, 0.05) is 45.3 Å². The smallest absolute Gasteiger partial charge is 0.257 e. The van der Waals surface area contributed by atoms with Crippen molar-refractivity contribution in [2.45, 2.75) is 6.04 Å². The van der Waals surface area contributed by atoms with Crippen LogP contribution in [0, 0.1) is 5.82 Å². The zero-order valence-corrected chi connectivity index (χ0v) is 12.1. The fourth-order valence-corrected chi connectivity index (χ4v) is 3.15. The van der Waals surface area contributed by atoms with E-state index in [1.165, 1.54) is 6.07 Å². The number of aromatic hydroxyl groups is 1. The predicted octanol–water partition coefficient (Wildman–Crippen LogP) is 0.603. The van der Waals surface area contributed by atoms with E-state index in [1.807, 2.05) is 0 Å². The van der Waals surface area contributed by atoms with Crippen LogP contribution in [0.25, 0.3) is 0 Å². The van der Waals surface area contributed by atoms with Gasteiger partial charge >= 0.3 is 0 Å².